The average molecular weight is 271 g/mol. The number of halogens is 1. The predicted molar refractivity (Wildman–Crippen MR) is 79.2 cm³/mol. The van der Waals surface area contributed by atoms with Gasteiger partial charge in [0, 0.05) is 12.1 Å². The van der Waals surface area contributed by atoms with Crippen LogP contribution in [0.3, 0.4) is 0 Å². The van der Waals surface area contributed by atoms with Gasteiger partial charge in [0.1, 0.15) is 5.82 Å². The predicted octanol–water partition coefficient (Wildman–Crippen LogP) is 3.96. The van der Waals surface area contributed by atoms with Crippen LogP contribution in [-0.4, -0.2) is 5.91 Å². The first-order chi connectivity index (χ1) is 9.69. The summed E-state index contributed by atoms with van der Waals surface area (Å²) < 4.78 is 12.8. The molecule has 2 aromatic carbocycles. The lowest BCUT2D eigenvalue weighted by Crippen LogP contribution is -2.13. The van der Waals surface area contributed by atoms with Crippen molar-refractivity contribution in [2.45, 2.75) is 26.2 Å². The summed E-state index contributed by atoms with van der Waals surface area (Å²) in [5.74, 6) is -0.273. The monoisotopic (exact) mass is 271 g/mol. The summed E-state index contributed by atoms with van der Waals surface area (Å²) in [6.07, 6.45) is 1.89. The number of nitrogens with one attached hydrogen (secondary N) is 1. The van der Waals surface area contributed by atoms with Gasteiger partial charge < -0.3 is 5.32 Å². The lowest BCUT2D eigenvalue weighted by molar-refractivity contribution is -0.116. The molecule has 0 aliphatic heterocycles. The highest BCUT2D eigenvalue weighted by molar-refractivity contribution is 5.91. The van der Waals surface area contributed by atoms with E-state index in [2.05, 4.69) is 12.2 Å². The highest BCUT2D eigenvalue weighted by Gasteiger charge is 2.06. The van der Waals surface area contributed by atoms with Gasteiger partial charge in [-0.2, -0.15) is 0 Å². The van der Waals surface area contributed by atoms with Crippen molar-refractivity contribution in [1.82, 2.24) is 0 Å². The van der Waals surface area contributed by atoms with Crippen molar-refractivity contribution in [3.63, 3.8) is 0 Å². The summed E-state index contributed by atoms with van der Waals surface area (Å²) in [5.41, 5.74) is 2.96. The van der Waals surface area contributed by atoms with Crippen LogP contribution in [0, 0.1) is 5.82 Å². The Morgan fingerprint density at radius 2 is 1.80 bits per heavy atom. The molecule has 20 heavy (non-hydrogen) atoms. The third-order valence-electron chi connectivity index (χ3n) is 3.23. The van der Waals surface area contributed by atoms with E-state index in [0.717, 1.165) is 23.2 Å². The number of carbonyl (C=O) groups excluding carboxylic acids is 1. The van der Waals surface area contributed by atoms with Crippen LogP contribution in [0.25, 0.3) is 0 Å². The van der Waals surface area contributed by atoms with E-state index in [-0.39, 0.29) is 11.7 Å². The van der Waals surface area contributed by atoms with Crippen molar-refractivity contribution in [2.24, 2.45) is 0 Å². The molecule has 0 fully saturated rings. The van der Waals surface area contributed by atoms with Crippen LogP contribution < -0.4 is 5.32 Å². The SMILES string of the molecule is CCc1ccccc1NC(=O)CCc1ccc(F)cc1. The lowest BCUT2D eigenvalue weighted by Gasteiger charge is -2.09. The van der Waals surface area contributed by atoms with Gasteiger partial charge in [-0.1, -0.05) is 37.3 Å². The van der Waals surface area contributed by atoms with E-state index in [0.29, 0.717) is 12.8 Å². The molecule has 2 rings (SSSR count). The second-order valence-electron chi connectivity index (χ2n) is 4.69. The summed E-state index contributed by atoms with van der Waals surface area (Å²) in [4.78, 5) is 11.9. The van der Waals surface area contributed by atoms with Crippen LogP contribution >= 0.6 is 0 Å². The van der Waals surface area contributed by atoms with Crippen LogP contribution in [-0.2, 0) is 17.6 Å². The normalized spacial score (nSPS) is 10.3. The van der Waals surface area contributed by atoms with Crippen LogP contribution in [0.4, 0.5) is 10.1 Å². The summed E-state index contributed by atoms with van der Waals surface area (Å²) in [6.45, 7) is 2.06. The lowest BCUT2D eigenvalue weighted by atomic mass is 10.1. The number of para-hydroxylation sites is 1. The molecule has 0 aliphatic carbocycles. The summed E-state index contributed by atoms with van der Waals surface area (Å²) >= 11 is 0. The topological polar surface area (TPSA) is 29.1 Å². The molecule has 0 atom stereocenters. The van der Waals surface area contributed by atoms with Crippen LogP contribution in [0.5, 0.6) is 0 Å². The Hall–Kier alpha value is -2.16. The Labute approximate surface area is 118 Å². The van der Waals surface area contributed by atoms with Gasteiger partial charge in [-0.25, -0.2) is 4.39 Å². The molecule has 0 aliphatic rings. The van der Waals surface area contributed by atoms with Gasteiger partial charge in [0.15, 0.2) is 0 Å². The van der Waals surface area contributed by atoms with E-state index in [1.54, 1.807) is 12.1 Å². The highest BCUT2D eigenvalue weighted by Crippen LogP contribution is 2.16. The fourth-order valence-electron chi connectivity index (χ4n) is 2.07. The summed E-state index contributed by atoms with van der Waals surface area (Å²) in [5, 5.41) is 2.93. The maximum absolute atomic E-state index is 12.8. The van der Waals surface area contributed by atoms with Crippen LogP contribution in [0.15, 0.2) is 48.5 Å². The van der Waals surface area contributed by atoms with Crippen molar-refractivity contribution in [3.8, 4) is 0 Å². The third kappa shape index (κ3) is 3.92. The van der Waals surface area contributed by atoms with Gasteiger partial charge in [0.2, 0.25) is 5.91 Å². The molecular weight excluding hydrogens is 253 g/mol. The van der Waals surface area contributed by atoms with Crippen molar-refractivity contribution in [2.75, 3.05) is 5.32 Å². The van der Waals surface area contributed by atoms with E-state index in [1.165, 1.54) is 12.1 Å². The van der Waals surface area contributed by atoms with Crippen molar-refractivity contribution < 1.29 is 9.18 Å². The Balaban J connectivity index is 1.91. The van der Waals surface area contributed by atoms with E-state index >= 15 is 0 Å². The third-order valence-corrected chi connectivity index (χ3v) is 3.23. The summed E-state index contributed by atoms with van der Waals surface area (Å²) in [6, 6.07) is 14.1. The number of hydrogen-bond donors (Lipinski definition) is 1. The van der Waals surface area contributed by atoms with Gasteiger partial charge >= 0.3 is 0 Å². The standard InChI is InChI=1S/C17H18FNO/c1-2-14-5-3-4-6-16(14)19-17(20)12-9-13-7-10-15(18)11-8-13/h3-8,10-11H,2,9,12H2,1H3,(H,19,20). The number of carbonyl (C=O) groups is 1. The Bertz CT molecular complexity index is 578. The molecule has 104 valence electrons. The molecule has 0 spiro atoms. The van der Waals surface area contributed by atoms with E-state index in [9.17, 15) is 9.18 Å². The zero-order chi connectivity index (χ0) is 14.4. The minimum absolute atomic E-state index is 0.0183. The maximum Gasteiger partial charge on any atom is 0.224 e. The molecule has 2 nitrogen and oxygen atoms in total. The van der Waals surface area contributed by atoms with Gasteiger partial charge in [-0.15, -0.1) is 0 Å². The van der Waals surface area contributed by atoms with E-state index in [4.69, 9.17) is 0 Å². The van der Waals surface area contributed by atoms with Crippen molar-refractivity contribution in [3.05, 3.63) is 65.5 Å². The number of benzene rings is 2. The molecule has 0 radical (unpaired) electrons. The van der Waals surface area contributed by atoms with Crippen molar-refractivity contribution >= 4 is 11.6 Å². The number of amides is 1. The Kier molecular flexibility index (Phi) is 4.88. The molecule has 0 saturated carbocycles. The molecule has 2 aromatic rings. The zero-order valence-electron chi connectivity index (χ0n) is 11.5. The first-order valence-corrected chi connectivity index (χ1v) is 6.81. The molecule has 0 aromatic heterocycles. The van der Waals surface area contributed by atoms with Gasteiger partial charge in [-0.05, 0) is 42.2 Å². The molecule has 1 amide bonds. The minimum atomic E-state index is -0.255. The Morgan fingerprint density at radius 1 is 1.10 bits per heavy atom. The maximum atomic E-state index is 12.8. The van der Waals surface area contributed by atoms with Crippen LogP contribution in [0.1, 0.15) is 24.5 Å². The Morgan fingerprint density at radius 3 is 2.50 bits per heavy atom. The molecule has 0 bridgehead atoms. The highest BCUT2D eigenvalue weighted by atomic mass is 19.1. The number of anilines is 1. The molecule has 0 heterocycles. The van der Waals surface area contributed by atoms with Crippen molar-refractivity contribution in [1.29, 1.82) is 0 Å². The quantitative estimate of drug-likeness (QED) is 0.876. The number of hydrogen-bond acceptors (Lipinski definition) is 1. The smallest absolute Gasteiger partial charge is 0.224 e. The second kappa shape index (κ2) is 6.85. The largest absolute Gasteiger partial charge is 0.326 e. The fraction of sp³-hybridized carbons (Fsp3) is 0.235. The molecule has 0 unspecified atom stereocenters. The number of aryl methyl sites for hydroxylation is 2. The number of rotatable bonds is 5. The van der Waals surface area contributed by atoms with Gasteiger partial charge in [0.05, 0.1) is 0 Å². The van der Waals surface area contributed by atoms with Gasteiger partial charge in [-0.3, -0.25) is 4.79 Å². The van der Waals surface area contributed by atoms with E-state index < -0.39 is 0 Å². The van der Waals surface area contributed by atoms with Gasteiger partial charge in [0.25, 0.3) is 0 Å². The fourth-order valence-corrected chi connectivity index (χ4v) is 2.07. The second-order valence-corrected chi connectivity index (χ2v) is 4.69. The molecule has 3 heteroatoms. The molecule has 0 saturated heterocycles. The first-order valence-electron chi connectivity index (χ1n) is 6.81. The van der Waals surface area contributed by atoms with Crippen LogP contribution in [0.2, 0.25) is 0 Å². The molecule has 1 N–H and O–H groups in total. The zero-order valence-corrected chi connectivity index (χ0v) is 11.5. The minimum Gasteiger partial charge on any atom is -0.326 e. The molecular formula is C17H18FNO. The van der Waals surface area contributed by atoms with E-state index in [1.807, 2.05) is 24.3 Å². The first kappa shape index (κ1) is 14.3. The average Bonchev–Trinajstić information content (AvgIpc) is 2.47. The summed E-state index contributed by atoms with van der Waals surface area (Å²) in [7, 11) is 0.